The van der Waals surface area contributed by atoms with Crippen molar-refractivity contribution >= 4 is 35.9 Å². The van der Waals surface area contributed by atoms with Gasteiger partial charge in [0.05, 0.1) is 7.11 Å². The maximum absolute atomic E-state index is 12.5. The molecule has 0 aliphatic carbocycles. The molecule has 4 aromatic carbocycles. The van der Waals surface area contributed by atoms with Gasteiger partial charge in [-0.3, -0.25) is 9.59 Å². The number of allylic oxidation sites excluding steroid dienone is 4. The molecule has 0 radical (unpaired) electrons. The van der Waals surface area contributed by atoms with E-state index in [4.69, 9.17) is 4.74 Å². The molecule has 0 bridgehead atoms. The summed E-state index contributed by atoms with van der Waals surface area (Å²) in [6.07, 6.45) is 13.0. The zero-order valence-corrected chi connectivity index (χ0v) is 31.1. The number of benzene rings is 4. The summed E-state index contributed by atoms with van der Waals surface area (Å²) in [5.74, 6) is 1.09. The average Bonchev–Trinajstić information content (AvgIpc) is 3.10. The first-order valence-corrected chi connectivity index (χ1v) is 16.5. The number of phenolic OH excluding ortho intramolecular Hbond substituents is 4. The van der Waals surface area contributed by atoms with Crippen LogP contribution in [0.1, 0.15) is 72.3 Å². The number of rotatable bonds is 9. The maximum Gasteiger partial charge on any atom is 0.178 e. The van der Waals surface area contributed by atoms with Gasteiger partial charge in [-0.05, 0) is 178 Å². The molecule has 0 fully saturated rings. The van der Waals surface area contributed by atoms with Crippen LogP contribution in [0.4, 0.5) is 0 Å². The van der Waals surface area contributed by atoms with Crippen molar-refractivity contribution < 1.29 is 34.8 Å². The quantitative estimate of drug-likeness (QED) is 0.129. The van der Waals surface area contributed by atoms with Gasteiger partial charge in [0.2, 0.25) is 0 Å². The molecule has 0 aliphatic heterocycles. The van der Waals surface area contributed by atoms with Crippen LogP contribution in [0.25, 0.3) is 24.3 Å². The van der Waals surface area contributed by atoms with Crippen molar-refractivity contribution in [3.05, 3.63) is 133 Å². The molecule has 0 aliphatic rings. The highest BCUT2D eigenvalue weighted by Gasteiger charge is 2.16. The second kappa shape index (κ2) is 17.2. The first-order valence-electron chi connectivity index (χ1n) is 16.5. The SMILES string of the molecule is COc1c(C)c(/C=C/C(=O)/C=C/c2c(C)c(C)c(O)c(C)c2C)c(C)c(C)c1O.Cc1cc(/C=C/C(=O)/C=C/c2ccc(O)c(C)c2)ccc1O. The number of methoxy groups -OCH3 is 1. The Morgan fingerprint density at radius 2 is 0.843 bits per heavy atom. The molecule has 0 atom stereocenters. The highest BCUT2D eigenvalue weighted by molar-refractivity contribution is 6.05. The van der Waals surface area contributed by atoms with Gasteiger partial charge in [0.15, 0.2) is 23.1 Å². The predicted molar refractivity (Wildman–Crippen MR) is 208 cm³/mol. The summed E-state index contributed by atoms with van der Waals surface area (Å²) in [5.41, 5.74) is 11.1. The Kier molecular flexibility index (Phi) is 13.4. The molecule has 0 aromatic heterocycles. The smallest absolute Gasteiger partial charge is 0.178 e. The second-order valence-corrected chi connectivity index (χ2v) is 12.7. The maximum atomic E-state index is 12.5. The summed E-state index contributed by atoms with van der Waals surface area (Å²) in [4.78, 5) is 24.3. The summed E-state index contributed by atoms with van der Waals surface area (Å²) in [5, 5.41) is 39.3. The van der Waals surface area contributed by atoms with Crippen LogP contribution in [0.5, 0.6) is 28.7 Å². The van der Waals surface area contributed by atoms with Crippen LogP contribution in [0.2, 0.25) is 0 Å². The van der Waals surface area contributed by atoms with E-state index in [0.29, 0.717) is 11.5 Å². The summed E-state index contributed by atoms with van der Waals surface area (Å²) >= 11 is 0. The van der Waals surface area contributed by atoms with Gasteiger partial charge in [0, 0.05) is 5.56 Å². The molecule has 0 saturated carbocycles. The summed E-state index contributed by atoms with van der Waals surface area (Å²) < 4.78 is 5.32. The third-order valence-corrected chi connectivity index (χ3v) is 9.28. The molecule has 7 nitrogen and oxygen atoms in total. The number of hydrogen-bond donors (Lipinski definition) is 4. The number of carbonyl (C=O) groups excluding carboxylic acids is 2. The van der Waals surface area contributed by atoms with Gasteiger partial charge in [0.25, 0.3) is 0 Å². The molecule has 4 N–H and O–H groups in total. The minimum absolute atomic E-state index is 0.128. The van der Waals surface area contributed by atoms with Crippen molar-refractivity contribution in [3.8, 4) is 28.7 Å². The van der Waals surface area contributed by atoms with Gasteiger partial charge in [0.1, 0.15) is 17.2 Å². The Balaban J connectivity index is 0.000000286. The van der Waals surface area contributed by atoms with Crippen molar-refractivity contribution in [1.29, 1.82) is 0 Å². The van der Waals surface area contributed by atoms with Gasteiger partial charge >= 0.3 is 0 Å². The van der Waals surface area contributed by atoms with Crippen molar-refractivity contribution in [3.63, 3.8) is 0 Å². The number of aromatic hydroxyl groups is 4. The Morgan fingerprint density at radius 3 is 1.22 bits per heavy atom. The molecule has 7 heteroatoms. The normalized spacial score (nSPS) is 11.5. The standard InChI is InChI=1S/C25H30O4.C19H18O3/c1-13-16(4)23(27)17(5)14(2)21(13)11-9-20(26)10-12-22-15(3)18(6)24(28)25(29-8)19(22)7;1-13-11-15(5-9-18(13)21)3-7-17(20)8-4-16-6-10-19(22)14(2)12-16/h9-12,27-28H,1-8H3;3-12,21-22H,1-2H3/b11-9+,12-10+;7-3+,8-4+. The number of ether oxygens (including phenoxy) is 1. The molecule has 4 rings (SSSR count). The van der Waals surface area contributed by atoms with Gasteiger partial charge in [-0.15, -0.1) is 0 Å². The van der Waals surface area contributed by atoms with Crippen LogP contribution in [0.15, 0.2) is 60.7 Å². The number of hydrogen-bond acceptors (Lipinski definition) is 7. The van der Waals surface area contributed by atoms with Crippen LogP contribution in [-0.4, -0.2) is 39.1 Å². The Labute approximate surface area is 301 Å². The lowest BCUT2D eigenvalue weighted by atomic mass is 9.92. The van der Waals surface area contributed by atoms with Crippen LogP contribution < -0.4 is 4.74 Å². The van der Waals surface area contributed by atoms with E-state index in [1.54, 1.807) is 48.6 Å². The van der Waals surface area contributed by atoms with E-state index in [2.05, 4.69) is 0 Å². The summed E-state index contributed by atoms with van der Waals surface area (Å²) in [6, 6.07) is 10.3. The third kappa shape index (κ3) is 9.67. The number of carbonyl (C=O) groups is 2. The van der Waals surface area contributed by atoms with Crippen LogP contribution in [-0.2, 0) is 9.59 Å². The van der Waals surface area contributed by atoms with Crippen LogP contribution in [0.3, 0.4) is 0 Å². The van der Waals surface area contributed by atoms with Crippen molar-refractivity contribution in [1.82, 2.24) is 0 Å². The van der Waals surface area contributed by atoms with Gasteiger partial charge in [-0.25, -0.2) is 0 Å². The lowest BCUT2D eigenvalue weighted by Gasteiger charge is -2.16. The van der Waals surface area contributed by atoms with Gasteiger partial charge in [-0.1, -0.05) is 36.4 Å². The van der Waals surface area contributed by atoms with E-state index in [-0.39, 0.29) is 28.8 Å². The molecular formula is C44H48O7. The molecular weight excluding hydrogens is 640 g/mol. The third-order valence-electron chi connectivity index (χ3n) is 9.28. The Morgan fingerprint density at radius 1 is 0.490 bits per heavy atom. The fourth-order valence-corrected chi connectivity index (χ4v) is 5.57. The minimum Gasteiger partial charge on any atom is -0.508 e. The van der Waals surface area contributed by atoms with Crippen LogP contribution in [0, 0.1) is 62.3 Å². The first kappa shape index (κ1) is 39.6. The van der Waals surface area contributed by atoms with E-state index >= 15 is 0 Å². The zero-order chi connectivity index (χ0) is 38.2. The number of aryl methyl sites for hydroxylation is 2. The summed E-state index contributed by atoms with van der Waals surface area (Å²) in [7, 11) is 1.52. The highest BCUT2D eigenvalue weighted by Crippen LogP contribution is 2.39. The Hall–Kier alpha value is -5.82. The zero-order valence-electron chi connectivity index (χ0n) is 31.1. The van der Waals surface area contributed by atoms with E-state index in [0.717, 1.165) is 72.3 Å². The molecule has 51 heavy (non-hydrogen) atoms. The highest BCUT2D eigenvalue weighted by atomic mass is 16.5. The van der Waals surface area contributed by atoms with E-state index in [1.807, 2.05) is 74.4 Å². The first-order chi connectivity index (χ1) is 24.0. The van der Waals surface area contributed by atoms with Crippen molar-refractivity contribution in [2.24, 2.45) is 0 Å². The predicted octanol–water partition coefficient (Wildman–Crippen LogP) is 9.57. The van der Waals surface area contributed by atoms with E-state index in [1.165, 1.54) is 31.4 Å². The molecule has 0 amide bonds. The van der Waals surface area contributed by atoms with E-state index in [9.17, 15) is 30.0 Å². The second-order valence-electron chi connectivity index (χ2n) is 12.7. The monoisotopic (exact) mass is 688 g/mol. The number of ketones is 2. The number of phenols is 4. The fraction of sp³-hybridized carbons (Fsp3) is 0.227. The molecule has 0 heterocycles. The summed E-state index contributed by atoms with van der Waals surface area (Å²) in [6.45, 7) is 16.9. The fourth-order valence-electron chi connectivity index (χ4n) is 5.57. The Bertz CT molecular complexity index is 2000. The molecule has 0 unspecified atom stereocenters. The minimum atomic E-state index is -0.143. The molecule has 0 saturated heterocycles. The average molecular weight is 689 g/mol. The van der Waals surface area contributed by atoms with Gasteiger partial charge < -0.3 is 25.2 Å². The van der Waals surface area contributed by atoms with Crippen molar-refractivity contribution in [2.75, 3.05) is 7.11 Å². The van der Waals surface area contributed by atoms with Crippen molar-refractivity contribution in [2.45, 2.75) is 62.3 Å². The topological polar surface area (TPSA) is 124 Å². The molecule has 266 valence electrons. The largest absolute Gasteiger partial charge is 0.508 e. The molecule has 0 spiro atoms. The van der Waals surface area contributed by atoms with Crippen LogP contribution >= 0.6 is 0 Å². The molecule has 4 aromatic rings. The van der Waals surface area contributed by atoms with Gasteiger partial charge in [-0.2, -0.15) is 0 Å². The lowest BCUT2D eigenvalue weighted by molar-refractivity contribution is -0.111. The van der Waals surface area contributed by atoms with E-state index < -0.39 is 0 Å². The lowest BCUT2D eigenvalue weighted by Crippen LogP contribution is -1.98.